The molecule has 3 saturated heterocycles. The van der Waals surface area contributed by atoms with Crippen LogP contribution in [-0.2, 0) is 23.7 Å². The summed E-state index contributed by atoms with van der Waals surface area (Å²) in [7, 11) is 0. The summed E-state index contributed by atoms with van der Waals surface area (Å²) in [5, 5.41) is 30.1. The van der Waals surface area contributed by atoms with Crippen LogP contribution in [0.5, 0.6) is 0 Å². The Bertz CT molecular complexity index is 963. The Morgan fingerprint density at radius 1 is 1.00 bits per heavy atom. The van der Waals surface area contributed by atoms with Gasteiger partial charge in [-0.2, -0.15) is 0 Å². The van der Waals surface area contributed by atoms with E-state index in [1.165, 1.54) is 6.42 Å². The molecule has 7 fully saturated rings. The number of carbonyl (C=O) groups is 1. The summed E-state index contributed by atoms with van der Waals surface area (Å²) in [6, 6.07) is -0.862. The summed E-state index contributed by atoms with van der Waals surface area (Å²) in [4.78, 5) is 12.2. The predicted molar refractivity (Wildman–Crippen MR) is 134 cm³/mol. The van der Waals surface area contributed by atoms with E-state index in [9.17, 15) is 20.1 Å². The number of fused-ring (bicyclic) bond motifs is 5. The number of rotatable bonds is 3. The van der Waals surface area contributed by atoms with Crippen LogP contribution in [0.15, 0.2) is 0 Å². The fourth-order valence-electron chi connectivity index (χ4n) is 10.9. The number of aliphatic hydroxyl groups is 3. The van der Waals surface area contributed by atoms with Gasteiger partial charge < -0.3 is 40.0 Å². The van der Waals surface area contributed by atoms with Crippen molar-refractivity contribution in [3.63, 3.8) is 0 Å². The third-order valence-corrected chi connectivity index (χ3v) is 12.9. The maximum absolute atomic E-state index is 12.2. The molecule has 38 heavy (non-hydrogen) atoms. The summed E-state index contributed by atoms with van der Waals surface area (Å²) >= 11 is 0. The molecule has 0 aromatic heterocycles. The van der Waals surface area contributed by atoms with Crippen LogP contribution >= 0.6 is 0 Å². The first-order valence-corrected chi connectivity index (χ1v) is 15.0. The molecule has 2 bridgehead atoms. The number of hydrogen-bond donors (Lipinski definition) is 4. The zero-order chi connectivity index (χ0) is 26.6. The van der Waals surface area contributed by atoms with Gasteiger partial charge in [0, 0.05) is 11.3 Å². The predicted octanol–water partition coefficient (Wildman–Crippen LogP) is 1.84. The lowest BCUT2D eigenvalue weighted by atomic mass is 9.42. The van der Waals surface area contributed by atoms with Crippen LogP contribution in [0, 0.1) is 40.4 Å². The molecule has 214 valence electrons. The van der Waals surface area contributed by atoms with Gasteiger partial charge in [-0.15, -0.1) is 0 Å². The normalized spacial score (nSPS) is 59.4. The molecule has 0 unspecified atom stereocenters. The average molecular weight is 536 g/mol. The van der Waals surface area contributed by atoms with Gasteiger partial charge in [-0.1, -0.05) is 13.8 Å². The van der Waals surface area contributed by atoms with Gasteiger partial charge in [0.15, 0.2) is 6.29 Å². The lowest BCUT2D eigenvalue weighted by Gasteiger charge is -2.67. The van der Waals surface area contributed by atoms with Crippen molar-refractivity contribution < 1.29 is 39.1 Å². The summed E-state index contributed by atoms with van der Waals surface area (Å²) < 4.78 is 24.8. The highest BCUT2D eigenvalue weighted by Gasteiger charge is 2.74. The van der Waals surface area contributed by atoms with Gasteiger partial charge in [-0.25, -0.2) is 0 Å². The number of nitrogens with two attached hydrogens (primary N) is 1. The second-order valence-electron chi connectivity index (χ2n) is 14.1. The molecule has 5 N–H and O–H groups in total. The van der Waals surface area contributed by atoms with Crippen molar-refractivity contribution in [3.8, 4) is 0 Å². The molecule has 0 radical (unpaired) electrons. The number of hydrogen-bond acceptors (Lipinski definition) is 9. The van der Waals surface area contributed by atoms with Crippen LogP contribution in [0.2, 0.25) is 0 Å². The van der Waals surface area contributed by atoms with Crippen molar-refractivity contribution in [1.29, 1.82) is 0 Å². The van der Waals surface area contributed by atoms with Crippen molar-refractivity contribution in [2.24, 2.45) is 46.2 Å². The van der Waals surface area contributed by atoms with E-state index in [1.54, 1.807) is 0 Å². The summed E-state index contributed by atoms with van der Waals surface area (Å²) in [5.41, 5.74) is 6.29. The molecule has 4 aliphatic carbocycles. The Kier molecular flexibility index (Phi) is 6.08. The van der Waals surface area contributed by atoms with Crippen LogP contribution in [0.25, 0.3) is 0 Å². The largest absolute Gasteiger partial charge is 0.435 e. The first kappa shape index (κ1) is 26.1. The minimum absolute atomic E-state index is 0.0325. The smallest absolute Gasteiger partial charge is 0.308 e. The van der Waals surface area contributed by atoms with E-state index in [2.05, 4.69) is 13.8 Å². The molecule has 3 aliphatic heterocycles. The number of carbonyl (C=O) groups excluding carboxylic acids is 1. The van der Waals surface area contributed by atoms with Gasteiger partial charge in [-0.3, -0.25) is 4.79 Å². The van der Waals surface area contributed by atoms with E-state index in [1.807, 2.05) is 0 Å². The second kappa shape index (κ2) is 8.84. The van der Waals surface area contributed by atoms with E-state index >= 15 is 0 Å². The highest BCUT2D eigenvalue weighted by atomic mass is 16.7. The van der Waals surface area contributed by atoms with E-state index in [0.717, 1.165) is 51.4 Å². The zero-order valence-corrected chi connectivity index (χ0v) is 22.7. The van der Waals surface area contributed by atoms with Crippen molar-refractivity contribution >= 4 is 5.97 Å². The molecule has 0 aromatic rings. The average Bonchev–Trinajstić information content (AvgIpc) is 3.35. The molecule has 0 aromatic carbocycles. The molecule has 9 heteroatoms. The second-order valence-corrected chi connectivity index (χ2v) is 14.1. The van der Waals surface area contributed by atoms with Gasteiger partial charge in [0.1, 0.15) is 18.3 Å². The minimum Gasteiger partial charge on any atom is -0.435 e. The van der Waals surface area contributed by atoms with Crippen LogP contribution in [0.3, 0.4) is 0 Å². The quantitative estimate of drug-likeness (QED) is 0.315. The van der Waals surface area contributed by atoms with Gasteiger partial charge >= 0.3 is 5.97 Å². The number of ether oxygens (including phenoxy) is 4. The fraction of sp³-hybridized carbons (Fsp3) is 0.966. The van der Waals surface area contributed by atoms with Gasteiger partial charge in [0.2, 0.25) is 6.29 Å². The Labute approximate surface area is 224 Å². The monoisotopic (exact) mass is 535 g/mol. The van der Waals surface area contributed by atoms with Gasteiger partial charge in [0.05, 0.1) is 30.8 Å². The number of aliphatic hydroxyl groups excluding tert-OH is 3. The van der Waals surface area contributed by atoms with Crippen molar-refractivity contribution in [2.45, 2.75) is 127 Å². The molecule has 4 saturated carbocycles. The Morgan fingerprint density at radius 3 is 2.58 bits per heavy atom. The van der Waals surface area contributed by atoms with Crippen LogP contribution in [-0.4, -0.2) is 76.5 Å². The third-order valence-electron chi connectivity index (χ3n) is 12.9. The van der Waals surface area contributed by atoms with Crippen molar-refractivity contribution in [2.75, 3.05) is 6.61 Å². The summed E-state index contributed by atoms with van der Waals surface area (Å²) in [6.07, 6.45) is 5.67. The van der Waals surface area contributed by atoms with Crippen molar-refractivity contribution in [3.05, 3.63) is 0 Å². The van der Waals surface area contributed by atoms with Crippen molar-refractivity contribution in [1.82, 2.24) is 0 Å². The van der Waals surface area contributed by atoms with E-state index < -0.39 is 37.3 Å². The molecule has 3 heterocycles. The topological polar surface area (TPSA) is 141 Å². The third kappa shape index (κ3) is 3.39. The van der Waals surface area contributed by atoms with E-state index in [4.69, 9.17) is 24.7 Å². The molecule has 7 aliphatic rings. The SMILES string of the molecule is C[C@]12CC[C@H](O[C@@H]3O[C@H](CO)[C@@H](O)[C@H](O)[C@H]3N)C[C@H]1CC[C@@H]1[C@@H]2CC[C@]2(C)[C@@H]3CC[C@]12O[C@H]1OC(=O)C[C@H]13. The summed E-state index contributed by atoms with van der Waals surface area (Å²) in [5.74, 6) is 2.22. The van der Waals surface area contributed by atoms with Crippen LogP contribution < -0.4 is 5.73 Å². The standard InChI is InChI=1S/C29H45NO8/c1-27-8-5-15(35-26-22(30)24(34)23(33)20(13-31)36-26)11-14(27)3-4-19-18(27)6-9-28(2)17-7-10-29(19,28)38-25-16(17)12-21(32)37-25/h14-20,22-26,31,33-34H,3-13,30H2,1-2H3/t14-,15+,16+,17-,18+,19-,20-,22-,23-,24-,25-,26-,27+,28-,29+/m1/s1. The molecular formula is C29H45NO8. The first-order chi connectivity index (χ1) is 18.1. The van der Waals surface area contributed by atoms with Crippen LogP contribution in [0.4, 0.5) is 0 Å². The molecule has 9 nitrogen and oxygen atoms in total. The number of esters is 1. The molecule has 15 atom stereocenters. The Hall–Kier alpha value is -0.810. The van der Waals surface area contributed by atoms with Crippen LogP contribution in [0.1, 0.15) is 78.1 Å². The Balaban J connectivity index is 1.08. The minimum atomic E-state index is -1.23. The van der Waals surface area contributed by atoms with Gasteiger partial charge in [-0.05, 0) is 86.9 Å². The molecular weight excluding hydrogens is 490 g/mol. The highest BCUT2D eigenvalue weighted by Crippen LogP contribution is 2.74. The fourth-order valence-corrected chi connectivity index (χ4v) is 10.9. The lowest BCUT2D eigenvalue weighted by Crippen LogP contribution is -2.67. The van der Waals surface area contributed by atoms with E-state index in [0.29, 0.717) is 30.1 Å². The molecule has 0 amide bonds. The molecule has 0 spiro atoms. The molecule has 7 rings (SSSR count). The summed E-state index contributed by atoms with van der Waals surface area (Å²) in [6.45, 7) is 4.55. The van der Waals surface area contributed by atoms with E-state index in [-0.39, 0.29) is 40.7 Å². The zero-order valence-electron chi connectivity index (χ0n) is 22.7. The highest BCUT2D eigenvalue weighted by molar-refractivity contribution is 5.72. The van der Waals surface area contributed by atoms with Gasteiger partial charge in [0.25, 0.3) is 0 Å². The maximum Gasteiger partial charge on any atom is 0.308 e. The maximum atomic E-state index is 12.2. The Morgan fingerprint density at radius 2 is 1.79 bits per heavy atom. The lowest BCUT2D eigenvalue weighted by molar-refractivity contribution is -0.324. The first-order valence-electron chi connectivity index (χ1n) is 15.0.